The van der Waals surface area contributed by atoms with Crippen molar-refractivity contribution < 1.29 is 9.59 Å². The molecule has 0 bridgehead atoms. The van der Waals surface area contributed by atoms with E-state index in [-0.39, 0.29) is 17.7 Å². The average Bonchev–Trinajstić information content (AvgIpc) is 2.97. The summed E-state index contributed by atoms with van der Waals surface area (Å²) in [5.74, 6) is -0.0467. The van der Waals surface area contributed by atoms with Crippen LogP contribution >= 0.6 is 15.9 Å². The van der Waals surface area contributed by atoms with Crippen LogP contribution in [0.3, 0.4) is 0 Å². The first-order valence-electron chi connectivity index (χ1n) is 8.54. The molecule has 0 spiro atoms. The highest BCUT2D eigenvalue weighted by Gasteiger charge is 2.38. The van der Waals surface area contributed by atoms with Crippen molar-refractivity contribution in [1.82, 2.24) is 9.80 Å². The van der Waals surface area contributed by atoms with Crippen molar-refractivity contribution in [1.29, 1.82) is 0 Å². The fourth-order valence-electron chi connectivity index (χ4n) is 3.46. The van der Waals surface area contributed by atoms with Crippen LogP contribution in [0.25, 0.3) is 0 Å². The molecule has 2 aliphatic heterocycles. The van der Waals surface area contributed by atoms with E-state index in [0.29, 0.717) is 19.0 Å². The molecule has 2 heterocycles. The van der Waals surface area contributed by atoms with E-state index in [2.05, 4.69) is 34.7 Å². The molecule has 2 fully saturated rings. The average molecular weight is 394 g/mol. The number of rotatable bonds is 3. The predicted octanol–water partition coefficient (Wildman–Crippen LogP) is 2.35. The molecule has 24 heavy (non-hydrogen) atoms. The minimum Gasteiger partial charge on any atom is -0.340 e. The van der Waals surface area contributed by atoms with Crippen molar-refractivity contribution in [3.63, 3.8) is 0 Å². The summed E-state index contributed by atoms with van der Waals surface area (Å²) in [6.45, 7) is 8.22. The normalized spacial score (nSPS) is 22.5. The van der Waals surface area contributed by atoms with Crippen molar-refractivity contribution in [3.05, 3.63) is 28.7 Å². The smallest absolute Gasteiger partial charge is 0.228 e. The summed E-state index contributed by atoms with van der Waals surface area (Å²) >= 11 is 3.40. The van der Waals surface area contributed by atoms with Gasteiger partial charge in [-0.1, -0.05) is 15.9 Å². The molecule has 6 heteroatoms. The predicted molar refractivity (Wildman–Crippen MR) is 97.9 cm³/mol. The Morgan fingerprint density at radius 3 is 2.33 bits per heavy atom. The molecule has 1 atom stereocenters. The zero-order chi connectivity index (χ0) is 17.3. The Hall–Kier alpha value is -1.40. The third-order valence-corrected chi connectivity index (χ3v) is 5.50. The molecule has 2 amide bonds. The Labute approximate surface area is 151 Å². The highest BCUT2D eigenvalue weighted by molar-refractivity contribution is 9.10. The van der Waals surface area contributed by atoms with Gasteiger partial charge in [-0.3, -0.25) is 14.5 Å². The number of benzene rings is 1. The molecular formula is C18H24BrN3O2. The van der Waals surface area contributed by atoms with E-state index in [1.807, 2.05) is 29.2 Å². The molecule has 2 saturated heterocycles. The third-order valence-electron chi connectivity index (χ3n) is 4.97. The summed E-state index contributed by atoms with van der Waals surface area (Å²) in [6, 6.07) is 8.18. The zero-order valence-corrected chi connectivity index (χ0v) is 15.8. The van der Waals surface area contributed by atoms with Gasteiger partial charge in [-0.2, -0.15) is 0 Å². The van der Waals surface area contributed by atoms with Gasteiger partial charge >= 0.3 is 0 Å². The number of piperazine rings is 1. The minimum atomic E-state index is -0.216. The molecular weight excluding hydrogens is 370 g/mol. The van der Waals surface area contributed by atoms with Crippen molar-refractivity contribution in [2.24, 2.45) is 5.92 Å². The van der Waals surface area contributed by atoms with Gasteiger partial charge in [-0.25, -0.2) is 0 Å². The molecule has 0 aromatic heterocycles. The molecule has 0 N–H and O–H groups in total. The van der Waals surface area contributed by atoms with Gasteiger partial charge in [-0.05, 0) is 38.1 Å². The minimum absolute atomic E-state index is 0.0384. The molecule has 2 aliphatic rings. The lowest BCUT2D eigenvalue weighted by atomic mass is 10.1. The van der Waals surface area contributed by atoms with Gasteiger partial charge in [0, 0.05) is 55.3 Å². The van der Waals surface area contributed by atoms with Crippen molar-refractivity contribution in [3.8, 4) is 0 Å². The maximum Gasteiger partial charge on any atom is 0.228 e. The SMILES string of the molecule is CC(C)N1CCN(C(=O)C2CC(=O)N(c3ccc(Br)cc3)C2)CC1. The second-order valence-electron chi connectivity index (χ2n) is 6.84. The van der Waals surface area contributed by atoms with Crippen molar-refractivity contribution >= 4 is 33.4 Å². The molecule has 0 aliphatic carbocycles. The van der Waals surface area contributed by atoms with Crippen LogP contribution in [-0.4, -0.2) is 60.4 Å². The van der Waals surface area contributed by atoms with E-state index in [1.54, 1.807) is 4.90 Å². The summed E-state index contributed by atoms with van der Waals surface area (Å²) in [5, 5.41) is 0. The third kappa shape index (κ3) is 3.64. The van der Waals surface area contributed by atoms with E-state index in [4.69, 9.17) is 0 Å². The fraction of sp³-hybridized carbons (Fsp3) is 0.556. The number of carbonyl (C=O) groups excluding carboxylic acids is 2. The van der Waals surface area contributed by atoms with Crippen LogP contribution < -0.4 is 4.90 Å². The first kappa shape index (κ1) is 17.4. The molecule has 1 aromatic carbocycles. The maximum atomic E-state index is 12.8. The molecule has 0 saturated carbocycles. The van der Waals surface area contributed by atoms with Crippen LogP contribution in [0.5, 0.6) is 0 Å². The van der Waals surface area contributed by atoms with Crippen LogP contribution in [-0.2, 0) is 9.59 Å². The van der Waals surface area contributed by atoms with Crippen LogP contribution in [0.1, 0.15) is 20.3 Å². The van der Waals surface area contributed by atoms with Gasteiger partial charge in [0.15, 0.2) is 0 Å². The number of nitrogens with zero attached hydrogens (tertiary/aromatic N) is 3. The maximum absolute atomic E-state index is 12.8. The second kappa shape index (κ2) is 7.23. The summed E-state index contributed by atoms with van der Waals surface area (Å²) < 4.78 is 0.980. The van der Waals surface area contributed by atoms with Gasteiger partial charge in [0.25, 0.3) is 0 Å². The van der Waals surface area contributed by atoms with E-state index in [1.165, 1.54) is 0 Å². The highest BCUT2D eigenvalue weighted by atomic mass is 79.9. The van der Waals surface area contributed by atoms with Crippen LogP contribution in [0.15, 0.2) is 28.7 Å². The van der Waals surface area contributed by atoms with Crippen LogP contribution in [0.4, 0.5) is 5.69 Å². The lowest BCUT2D eigenvalue weighted by Crippen LogP contribution is -2.52. The largest absolute Gasteiger partial charge is 0.340 e. The zero-order valence-electron chi connectivity index (χ0n) is 14.2. The monoisotopic (exact) mass is 393 g/mol. The van der Waals surface area contributed by atoms with Gasteiger partial charge in [0.1, 0.15) is 0 Å². The summed E-state index contributed by atoms with van der Waals surface area (Å²) in [5.41, 5.74) is 0.864. The first-order valence-corrected chi connectivity index (χ1v) is 9.34. The molecule has 3 rings (SSSR count). The Balaban J connectivity index is 1.61. The number of halogens is 1. The molecule has 0 radical (unpaired) electrons. The van der Waals surface area contributed by atoms with Crippen LogP contribution in [0.2, 0.25) is 0 Å². The summed E-state index contributed by atoms with van der Waals surface area (Å²) in [4.78, 5) is 31.2. The fourth-order valence-corrected chi connectivity index (χ4v) is 3.72. The molecule has 1 aromatic rings. The highest BCUT2D eigenvalue weighted by Crippen LogP contribution is 2.27. The van der Waals surface area contributed by atoms with Crippen LogP contribution in [0, 0.1) is 5.92 Å². The van der Waals surface area contributed by atoms with E-state index >= 15 is 0 Å². The number of hydrogen-bond acceptors (Lipinski definition) is 3. The Morgan fingerprint density at radius 2 is 1.75 bits per heavy atom. The van der Waals surface area contributed by atoms with Gasteiger partial charge in [0.05, 0.1) is 5.92 Å². The number of carbonyl (C=O) groups is 2. The summed E-state index contributed by atoms with van der Waals surface area (Å²) in [6.07, 6.45) is 0.319. The van der Waals surface area contributed by atoms with Gasteiger partial charge in [-0.15, -0.1) is 0 Å². The van der Waals surface area contributed by atoms with Crippen molar-refractivity contribution in [2.45, 2.75) is 26.3 Å². The lowest BCUT2D eigenvalue weighted by Gasteiger charge is -2.37. The Morgan fingerprint density at radius 1 is 1.12 bits per heavy atom. The lowest BCUT2D eigenvalue weighted by molar-refractivity contribution is -0.137. The Bertz CT molecular complexity index is 609. The number of anilines is 1. The quantitative estimate of drug-likeness (QED) is 0.791. The van der Waals surface area contributed by atoms with E-state index < -0.39 is 0 Å². The molecule has 5 nitrogen and oxygen atoms in total. The van der Waals surface area contributed by atoms with E-state index in [0.717, 1.165) is 36.3 Å². The van der Waals surface area contributed by atoms with Gasteiger partial charge in [0.2, 0.25) is 11.8 Å². The standard InChI is InChI=1S/C18H24BrN3O2/c1-13(2)20-7-9-21(10-8-20)18(24)14-11-17(23)22(12-14)16-5-3-15(19)4-6-16/h3-6,13-14H,7-12H2,1-2H3. The second-order valence-corrected chi connectivity index (χ2v) is 7.75. The summed E-state index contributed by atoms with van der Waals surface area (Å²) in [7, 11) is 0. The van der Waals surface area contributed by atoms with E-state index in [9.17, 15) is 9.59 Å². The first-order chi connectivity index (χ1) is 11.5. The van der Waals surface area contributed by atoms with Gasteiger partial charge < -0.3 is 9.80 Å². The molecule has 130 valence electrons. The Kier molecular flexibility index (Phi) is 5.25. The number of amides is 2. The van der Waals surface area contributed by atoms with Crippen molar-refractivity contribution in [2.75, 3.05) is 37.6 Å². The topological polar surface area (TPSA) is 43.9 Å². The molecule has 1 unspecified atom stereocenters. The number of hydrogen-bond donors (Lipinski definition) is 0.